The molecule has 1 unspecified atom stereocenters. The van der Waals surface area contributed by atoms with Crippen molar-refractivity contribution in [2.24, 2.45) is 4.99 Å². The Kier molecular flexibility index (Phi) is 6.15. The number of hydrogen-bond donors (Lipinski definition) is 0. The maximum atomic E-state index is 13.7. The molecule has 144 valence electrons. The van der Waals surface area contributed by atoms with Crippen LogP contribution in [0.2, 0.25) is 0 Å². The Labute approximate surface area is 168 Å². The van der Waals surface area contributed by atoms with Gasteiger partial charge >= 0.3 is 0 Å². The molecular formula is C26H28FN. The quantitative estimate of drug-likeness (QED) is 0.383. The number of benzene rings is 2. The maximum absolute atomic E-state index is 13.7. The van der Waals surface area contributed by atoms with Gasteiger partial charge in [0.25, 0.3) is 0 Å². The number of fused-ring (bicyclic) bond motifs is 1. The molecule has 0 saturated heterocycles. The highest BCUT2D eigenvalue weighted by Gasteiger charge is 2.26. The SMILES string of the molecule is C#CN=C(CCCC1=C(CC)c2cc(C)ccc2C1C)c1cc(F)ccc1C. The molecule has 1 aliphatic rings. The lowest BCUT2D eigenvalue weighted by molar-refractivity contribution is 0.627. The van der Waals surface area contributed by atoms with Gasteiger partial charge in [0.05, 0.1) is 5.71 Å². The van der Waals surface area contributed by atoms with Crippen molar-refractivity contribution >= 4 is 11.3 Å². The molecule has 0 aromatic heterocycles. The molecule has 0 bridgehead atoms. The number of rotatable bonds is 6. The molecule has 0 fully saturated rings. The Morgan fingerprint density at radius 1 is 1.18 bits per heavy atom. The van der Waals surface area contributed by atoms with Crippen LogP contribution in [0.1, 0.15) is 73.3 Å². The Hall–Kier alpha value is -2.66. The van der Waals surface area contributed by atoms with Crippen molar-refractivity contribution in [3.63, 3.8) is 0 Å². The highest BCUT2D eigenvalue weighted by atomic mass is 19.1. The number of aryl methyl sites for hydroxylation is 2. The molecule has 2 aromatic rings. The van der Waals surface area contributed by atoms with Crippen molar-refractivity contribution in [1.82, 2.24) is 0 Å². The Morgan fingerprint density at radius 2 is 1.96 bits per heavy atom. The minimum atomic E-state index is -0.253. The molecule has 0 saturated carbocycles. The van der Waals surface area contributed by atoms with Gasteiger partial charge in [0.1, 0.15) is 5.82 Å². The van der Waals surface area contributed by atoms with Crippen molar-refractivity contribution in [3.05, 3.63) is 75.6 Å². The van der Waals surface area contributed by atoms with E-state index >= 15 is 0 Å². The fourth-order valence-electron chi connectivity index (χ4n) is 4.40. The van der Waals surface area contributed by atoms with Crippen LogP contribution in [0.5, 0.6) is 0 Å². The molecular weight excluding hydrogens is 345 g/mol. The van der Waals surface area contributed by atoms with E-state index in [0.717, 1.165) is 42.5 Å². The number of terminal acetylenes is 1. The third kappa shape index (κ3) is 3.94. The molecule has 0 amide bonds. The van der Waals surface area contributed by atoms with E-state index in [1.165, 1.54) is 33.9 Å². The van der Waals surface area contributed by atoms with Crippen LogP contribution in [0.15, 0.2) is 47.0 Å². The molecule has 1 aliphatic carbocycles. The van der Waals surface area contributed by atoms with Crippen molar-refractivity contribution in [1.29, 1.82) is 0 Å². The molecule has 0 N–H and O–H groups in total. The average Bonchev–Trinajstić information content (AvgIpc) is 2.93. The van der Waals surface area contributed by atoms with E-state index in [4.69, 9.17) is 6.42 Å². The highest BCUT2D eigenvalue weighted by Crippen LogP contribution is 2.45. The first kappa shape index (κ1) is 20.1. The third-order valence-electron chi connectivity index (χ3n) is 5.83. The van der Waals surface area contributed by atoms with E-state index in [1.807, 2.05) is 6.92 Å². The van der Waals surface area contributed by atoms with Crippen LogP contribution >= 0.6 is 0 Å². The minimum Gasteiger partial charge on any atom is -0.207 e. The number of hydrogen-bond acceptors (Lipinski definition) is 1. The third-order valence-corrected chi connectivity index (χ3v) is 5.83. The molecule has 0 spiro atoms. The van der Waals surface area contributed by atoms with Gasteiger partial charge in [0, 0.05) is 17.5 Å². The van der Waals surface area contributed by atoms with Crippen LogP contribution in [0.25, 0.3) is 5.57 Å². The van der Waals surface area contributed by atoms with Gasteiger partial charge in [-0.25, -0.2) is 9.38 Å². The fourth-order valence-corrected chi connectivity index (χ4v) is 4.40. The Balaban J connectivity index is 1.79. The fraction of sp³-hybridized carbons (Fsp3) is 0.346. The van der Waals surface area contributed by atoms with Crippen LogP contribution in [0.3, 0.4) is 0 Å². The second-order valence-corrected chi connectivity index (χ2v) is 7.67. The van der Waals surface area contributed by atoms with Crippen LogP contribution in [-0.2, 0) is 0 Å². The lowest BCUT2D eigenvalue weighted by Crippen LogP contribution is -2.05. The van der Waals surface area contributed by atoms with E-state index in [0.29, 0.717) is 5.92 Å². The van der Waals surface area contributed by atoms with E-state index in [1.54, 1.807) is 12.1 Å². The van der Waals surface area contributed by atoms with Crippen LogP contribution < -0.4 is 0 Å². The van der Waals surface area contributed by atoms with E-state index in [-0.39, 0.29) is 5.82 Å². The summed E-state index contributed by atoms with van der Waals surface area (Å²) in [4.78, 5) is 4.23. The van der Waals surface area contributed by atoms with E-state index in [9.17, 15) is 4.39 Å². The first-order valence-corrected chi connectivity index (χ1v) is 10.1. The molecule has 2 aromatic carbocycles. The summed E-state index contributed by atoms with van der Waals surface area (Å²) < 4.78 is 13.7. The smallest absolute Gasteiger partial charge is 0.123 e. The summed E-state index contributed by atoms with van der Waals surface area (Å²) in [7, 11) is 0. The van der Waals surface area contributed by atoms with Gasteiger partial charge < -0.3 is 0 Å². The zero-order valence-electron chi connectivity index (χ0n) is 17.3. The highest BCUT2D eigenvalue weighted by molar-refractivity contribution is 6.02. The van der Waals surface area contributed by atoms with Gasteiger partial charge in [-0.3, -0.25) is 0 Å². The minimum absolute atomic E-state index is 0.253. The Bertz CT molecular complexity index is 988. The van der Waals surface area contributed by atoms with Crippen LogP contribution in [0, 0.1) is 32.1 Å². The average molecular weight is 374 g/mol. The summed E-state index contributed by atoms with van der Waals surface area (Å²) in [5, 5.41) is 0. The molecule has 0 heterocycles. The van der Waals surface area contributed by atoms with Crippen molar-refractivity contribution < 1.29 is 4.39 Å². The Morgan fingerprint density at radius 3 is 2.68 bits per heavy atom. The van der Waals surface area contributed by atoms with Gasteiger partial charge in [-0.1, -0.05) is 55.7 Å². The summed E-state index contributed by atoms with van der Waals surface area (Å²) in [5.74, 6) is 0.200. The van der Waals surface area contributed by atoms with E-state index in [2.05, 4.69) is 50.0 Å². The van der Waals surface area contributed by atoms with Crippen molar-refractivity contribution in [2.75, 3.05) is 0 Å². The predicted octanol–water partition coefficient (Wildman–Crippen LogP) is 6.97. The predicted molar refractivity (Wildman–Crippen MR) is 117 cm³/mol. The van der Waals surface area contributed by atoms with Gasteiger partial charge in [0.15, 0.2) is 0 Å². The summed E-state index contributed by atoms with van der Waals surface area (Å²) in [5.41, 5.74) is 9.81. The maximum Gasteiger partial charge on any atom is 0.123 e. The standard InChI is InChI=1S/C26H28FN/c1-6-21-22(19(5)23-14-11-17(3)15-25(21)23)9-8-10-26(28-7-2)24-16-20(27)13-12-18(24)4/h2,11-16,19H,6,8-10H2,1,3-5H3. The monoisotopic (exact) mass is 373 g/mol. The number of halogens is 1. The van der Waals surface area contributed by atoms with E-state index < -0.39 is 0 Å². The molecule has 0 aliphatic heterocycles. The summed E-state index contributed by atoms with van der Waals surface area (Å²) in [6.07, 6.45) is 9.20. The molecule has 1 atom stereocenters. The normalized spacial score (nSPS) is 16.3. The molecule has 3 rings (SSSR count). The molecule has 0 radical (unpaired) electrons. The zero-order chi connectivity index (χ0) is 20.3. The first-order chi connectivity index (χ1) is 13.5. The number of nitrogens with zero attached hydrogens (tertiary/aromatic N) is 1. The van der Waals surface area contributed by atoms with Gasteiger partial charge in [-0.2, -0.15) is 0 Å². The number of aliphatic imine (C=N–C) groups is 1. The lowest BCUT2D eigenvalue weighted by atomic mass is 9.92. The number of allylic oxidation sites excluding steroid dienone is 2. The first-order valence-electron chi connectivity index (χ1n) is 10.1. The topological polar surface area (TPSA) is 12.4 Å². The van der Waals surface area contributed by atoms with Gasteiger partial charge in [0.2, 0.25) is 0 Å². The van der Waals surface area contributed by atoms with Crippen molar-refractivity contribution in [3.8, 4) is 12.5 Å². The van der Waals surface area contributed by atoms with Crippen LogP contribution in [0.4, 0.5) is 4.39 Å². The second-order valence-electron chi connectivity index (χ2n) is 7.67. The molecule has 2 heteroatoms. The largest absolute Gasteiger partial charge is 0.207 e. The summed E-state index contributed by atoms with van der Waals surface area (Å²) >= 11 is 0. The van der Waals surface area contributed by atoms with Crippen LogP contribution in [-0.4, -0.2) is 5.71 Å². The molecule has 1 nitrogen and oxygen atoms in total. The summed E-state index contributed by atoms with van der Waals surface area (Å²) in [6, 6.07) is 14.0. The second kappa shape index (κ2) is 8.57. The lowest BCUT2D eigenvalue weighted by Gasteiger charge is -2.13. The summed E-state index contributed by atoms with van der Waals surface area (Å²) in [6.45, 7) is 8.66. The van der Waals surface area contributed by atoms with Crippen molar-refractivity contribution in [2.45, 2.75) is 59.3 Å². The zero-order valence-corrected chi connectivity index (χ0v) is 17.3. The van der Waals surface area contributed by atoms with Gasteiger partial charge in [-0.15, -0.1) is 0 Å². The molecule has 28 heavy (non-hydrogen) atoms. The van der Waals surface area contributed by atoms with Gasteiger partial charge in [-0.05, 0) is 73.9 Å².